The van der Waals surface area contributed by atoms with Crippen molar-refractivity contribution in [2.45, 2.75) is 19.6 Å². The van der Waals surface area contributed by atoms with Crippen molar-refractivity contribution >= 4 is 5.97 Å². The minimum Gasteiger partial charge on any atom is -0.468 e. The molecule has 0 aliphatic heterocycles. The first-order chi connectivity index (χ1) is 8.22. The van der Waals surface area contributed by atoms with Gasteiger partial charge in [-0.05, 0) is 12.5 Å². The van der Waals surface area contributed by atoms with E-state index < -0.39 is 0 Å². The van der Waals surface area contributed by atoms with Crippen molar-refractivity contribution in [2.75, 3.05) is 20.3 Å². The Kier molecular flexibility index (Phi) is 6.29. The molecule has 1 aromatic rings. The van der Waals surface area contributed by atoms with E-state index in [1.54, 1.807) is 0 Å². The maximum atomic E-state index is 10.9. The molecule has 1 aromatic carbocycles. The Morgan fingerprint density at radius 2 is 2.06 bits per heavy atom. The molecule has 17 heavy (non-hydrogen) atoms. The van der Waals surface area contributed by atoms with Gasteiger partial charge in [0.05, 0.1) is 26.9 Å². The number of hydrogen-bond donors (Lipinski definition) is 1. The van der Waals surface area contributed by atoms with Crippen LogP contribution in [0.4, 0.5) is 0 Å². The van der Waals surface area contributed by atoms with Crippen LogP contribution < -0.4 is 5.32 Å². The van der Waals surface area contributed by atoms with Gasteiger partial charge in [-0.3, -0.25) is 4.79 Å². The quantitative estimate of drug-likeness (QED) is 0.727. The predicted molar refractivity (Wildman–Crippen MR) is 65.6 cm³/mol. The Hall–Kier alpha value is -1.39. The van der Waals surface area contributed by atoms with Crippen LogP contribution in [0.1, 0.15) is 12.5 Å². The van der Waals surface area contributed by atoms with Gasteiger partial charge in [-0.1, -0.05) is 30.3 Å². The van der Waals surface area contributed by atoms with E-state index >= 15 is 0 Å². The highest BCUT2D eigenvalue weighted by Crippen LogP contribution is 2.00. The number of nitrogens with one attached hydrogen (secondary N) is 1. The summed E-state index contributed by atoms with van der Waals surface area (Å²) in [5.74, 6) is -0.264. The van der Waals surface area contributed by atoms with E-state index in [1.165, 1.54) is 7.11 Å². The third-order valence-electron chi connectivity index (χ3n) is 2.30. The molecule has 94 valence electrons. The fourth-order valence-corrected chi connectivity index (χ4v) is 1.32. The zero-order valence-electron chi connectivity index (χ0n) is 10.3. The van der Waals surface area contributed by atoms with Gasteiger partial charge in [0.1, 0.15) is 0 Å². The summed E-state index contributed by atoms with van der Waals surface area (Å²) in [6.07, 6.45) is 0. The molecule has 1 N–H and O–H groups in total. The summed E-state index contributed by atoms with van der Waals surface area (Å²) in [4.78, 5) is 10.9. The Labute approximate surface area is 102 Å². The lowest BCUT2D eigenvalue weighted by molar-refractivity contribution is -0.139. The first kappa shape index (κ1) is 13.7. The number of ether oxygens (including phenoxy) is 2. The van der Waals surface area contributed by atoms with Gasteiger partial charge >= 0.3 is 5.97 Å². The zero-order valence-corrected chi connectivity index (χ0v) is 10.3. The van der Waals surface area contributed by atoms with Crippen LogP contribution in [-0.2, 0) is 20.9 Å². The van der Waals surface area contributed by atoms with Gasteiger partial charge in [-0.15, -0.1) is 0 Å². The fraction of sp³-hybridized carbons (Fsp3) is 0.462. The van der Waals surface area contributed by atoms with Crippen LogP contribution in [0.3, 0.4) is 0 Å². The molecule has 0 spiro atoms. The number of hydrogen-bond acceptors (Lipinski definition) is 4. The molecule has 1 unspecified atom stereocenters. The normalized spacial score (nSPS) is 12.1. The standard InChI is InChI=1S/C13H19NO3/c1-11(14-8-13(15)16-2)9-17-10-12-6-4-3-5-7-12/h3-7,11,14H,8-10H2,1-2H3. The Balaban J connectivity index is 2.12. The lowest BCUT2D eigenvalue weighted by Gasteiger charge is -2.13. The van der Waals surface area contributed by atoms with Crippen molar-refractivity contribution in [1.29, 1.82) is 0 Å². The van der Waals surface area contributed by atoms with Gasteiger partial charge < -0.3 is 14.8 Å². The van der Waals surface area contributed by atoms with Gasteiger partial charge in [0.2, 0.25) is 0 Å². The number of rotatable bonds is 7. The Morgan fingerprint density at radius 1 is 1.35 bits per heavy atom. The molecular weight excluding hydrogens is 218 g/mol. The molecule has 0 aromatic heterocycles. The Bertz CT molecular complexity index is 327. The van der Waals surface area contributed by atoms with E-state index in [9.17, 15) is 4.79 Å². The zero-order chi connectivity index (χ0) is 12.5. The smallest absolute Gasteiger partial charge is 0.319 e. The SMILES string of the molecule is COC(=O)CNC(C)COCc1ccccc1. The molecule has 1 atom stereocenters. The molecule has 0 amide bonds. The summed E-state index contributed by atoms with van der Waals surface area (Å²) in [5, 5.41) is 3.02. The third-order valence-corrected chi connectivity index (χ3v) is 2.30. The topological polar surface area (TPSA) is 47.6 Å². The number of esters is 1. The van der Waals surface area contributed by atoms with E-state index in [0.29, 0.717) is 13.2 Å². The number of carbonyl (C=O) groups is 1. The van der Waals surface area contributed by atoms with Crippen LogP contribution >= 0.6 is 0 Å². The van der Waals surface area contributed by atoms with Crippen molar-refractivity contribution in [3.63, 3.8) is 0 Å². The molecule has 0 heterocycles. The van der Waals surface area contributed by atoms with E-state index in [2.05, 4.69) is 10.1 Å². The highest BCUT2D eigenvalue weighted by atomic mass is 16.5. The van der Waals surface area contributed by atoms with Gasteiger partial charge in [-0.2, -0.15) is 0 Å². The lowest BCUT2D eigenvalue weighted by Crippen LogP contribution is -2.35. The minimum atomic E-state index is -0.264. The average Bonchev–Trinajstić information content (AvgIpc) is 2.37. The van der Waals surface area contributed by atoms with Crippen LogP contribution in [0.15, 0.2) is 30.3 Å². The maximum Gasteiger partial charge on any atom is 0.319 e. The Morgan fingerprint density at radius 3 is 2.71 bits per heavy atom. The number of benzene rings is 1. The molecule has 4 nitrogen and oxygen atoms in total. The minimum absolute atomic E-state index is 0.123. The molecule has 4 heteroatoms. The second-order valence-electron chi connectivity index (χ2n) is 3.86. The van der Waals surface area contributed by atoms with E-state index in [0.717, 1.165) is 5.56 Å². The molecule has 0 aliphatic rings. The average molecular weight is 237 g/mol. The molecule has 0 saturated carbocycles. The molecule has 0 radical (unpaired) electrons. The van der Waals surface area contributed by atoms with Crippen molar-refractivity contribution in [3.05, 3.63) is 35.9 Å². The molecule has 1 rings (SSSR count). The first-order valence-corrected chi connectivity index (χ1v) is 5.64. The van der Waals surface area contributed by atoms with Gasteiger partial charge in [0.25, 0.3) is 0 Å². The van der Waals surface area contributed by atoms with Crippen molar-refractivity contribution < 1.29 is 14.3 Å². The van der Waals surface area contributed by atoms with Crippen LogP contribution in [0, 0.1) is 0 Å². The number of methoxy groups -OCH3 is 1. The third kappa shape index (κ3) is 6.04. The maximum absolute atomic E-state index is 10.9. The highest BCUT2D eigenvalue weighted by molar-refractivity contribution is 5.71. The molecular formula is C13H19NO3. The van der Waals surface area contributed by atoms with Crippen molar-refractivity contribution in [1.82, 2.24) is 5.32 Å². The first-order valence-electron chi connectivity index (χ1n) is 5.64. The van der Waals surface area contributed by atoms with Crippen LogP contribution in [0.25, 0.3) is 0 Å². The highest BCUT2D eigenvalue weighted by Gasteiger charge is 2.05. The molecule has 0 bridgehead atoms. The van der Waals surface area contributed by atoms with Crippen molar-refractivity contribution in [2.24, 2.45) is 0 Å². The van der Waals surface area contributed by atoms with Gasteiger partial charge in [-0.25, -0.2) is 0 Å². The fourth-order valence-electron chi connectivity index (χ4n) is 1.32. The number of carbonyl (C=O) groups excluding carboxylic acids is 1. The molecule has 0 fully saturated rings. The summed E-state index contributed by atoms with van der Waals surface area (Å²) >= 11 is 0. The lowest BCUT2D eigenvalue weighted by atomic mass is 10.2. The predicted octanol–water partition coefficient (Wildman–Crippen LogP) is 1.35. The second-order valence-corrected chi connectivity index (χ2v) is 3.86. The second kappa shape index (κ2) is 7.81. The van der Waals surface area contributed by atoms with Crippen molar-refractivity contribution in [3.8, 4) is 0 Å². The summed E-state index contributed by atoms with van der Waals surface area (Å²) in [6, 6.07) is 10.1. The molecule has 0 aliphatic carbocycles. The van der Waals surface area contributed by atoms with E-state index in [-0.39, 0.29) is 18.6 Å². The summed E-state index contributed by atoms with van der Waals surface area (Å²) in [5.41, 5.74) is 1.15. The van der Waals surface area contributed by atoms with Crippen LogP contribution in [0.2, 0.25) is 0 Å². The van der Waals surface area contributed by atoms with Gasteiger partial charge in [0, 0.05) is 6.04 Å². The summed E-state index contributed by atoms with van der Waals surface area (Å²) < 4.78 is 10.1. The van der Waals surface area contributed by atoms with Crippen LogP contribution in [-0.4, -0.2) is 32.3 Å². The monoisotopic (exact) mass is 237 g/mol. The van der Waals surface area contributed by atoms with Crippen LogP contribution in [0.5, 0.6) is 0 Å². The van der Waals surface area contributed by atoms with E-state index in [4.69, 9.17) is 4.74 Å². The van der Waals surface area contributed by atoms with E-state index in [1.807, 2.05) is 37.3 Å². The largest absolute Gasteiger partial charge is 0.468 e. The summed E-state index contributed by atoms with van der Waals surface area (Å²) in [6.45, 7) is 3.33. The summed E-state index contributed by atoms with van der Waals surface area (Å²) in [7, 11) is 1.38. The van der Waals surface area contributed by atoms with Gasteiger partial charge in [0.15, 0.2) is 0 Å². The molecule has 0 saturated heterocycles.